The van der Waals surface area contributed by atoms with E-state index in [1.54, 1.807) is 25.1 Å². The van der Waals surface area contributed by atoms with Gasteiger partial charge < -0.3 is 10.6 Å². The van der Waals surface area contributed by atoms with Crippen LogP contribution >= 0.6 is 34.2 Å². The van der Waals surface area contributed by atoms with Crippen molar-refractivity contribution in [1.29, 1.82) is 0 Å². The minimum atomic E-state index is -4.77. The number of carbonyl (C=O) groups excluding carboxylic acids is 2. The maximum atomic E-state index is 13.6. The Morgan fingerprint density at radius 3 is 2.60 bits per heavy atom. The highest BCUT2D eigenvalue weighted by Crippen LogP contribution is 2.28. The summed E-state index contributed by atoms with van der Waals surface area (Å²) in [6.07, 6.45) is -0.477. The molecule has 0 unspecified atom stereocenters. The summed E-state index contributed by atoms with van der Waals surface area (Å²) in [5, 5.41) is 20.1. The standard InChI is InChI=1S/C24H20ClF3IN9O2/c1-12-8-13(29)9-16(21(39)31-14-4-2-5-14)19(12)32-22(40)18-10-15(11-37-35-23(33-36-37)24(26,27)28)34-38(18)20-17(25)6-3-7-30-20/h3,6-10,14H,2,4-5,11H2,1H3,(H,31,39)(H,32,40). The quantitative estimate of drug-likeness (QED) is 0.275. The van der Waals surface area contributed by atoms with Crippen LogP contribution in [0, 0.1) is 10.5 Å². The second-order valence-corrected chi connectivity index (χ2v) is 10.7. The van der Waals surface area contributed by atoms with Gasteiger partial charge in [0.25, 0.3) is 17.6 Å². The van der Waals surface area contributed by atoms with Crippen molar-refractivity contribution in [2.24, 2.45) is 0 Å². The molecule has 11 nitrogen and oxygen atoms in total. The number of carbonyl (C=O) groups is 2. The monoisotopic (exact) mass is 685 g/mol. The Morgan fingerprint density at radius 2 is 1.95 bits per heavy atom. The molecule has 5 rings (SSSR count). The van der Waals surface area contributed by atoms with E-state index in [1.165, 1.54) is 16.9 Å². The number of benzene rings is 1. The van der Waals surface area contributed by atoms with Gasteiger partial charge in [-0.3, -0.25) is 9.59 Å². The molecule has 1 aliphatic carbocycles. The second kappa shape index (κ2) is 11.1. The maximum Gasteiger partial charge on any atom is 0.455 e. The van der Waals surface area contributed by atoms with Gasteiger partial charge in [0.05, 0.1) is 22.0 Å². The normalized spacial score (nSPS) is 13.7. The van der Waals surface area contributed by atoms with E-state index in [9.17, 15) is 22.8 Å². The van der Waals surface area contributed by atoms with Crippen LogP contribution in [0.2, 0.25) is 5.02 Å². The van der Waals surface area contributed by atoms with E-state index in [0.29, 0.717) is 21.6 Å². The van der Waals surface area contributed by atoms with Crippen molar-refractivity contribution < 1.29 is 22.8 Å². The Labute approximate surface area is 243 Å². The summed E-state index contributed by atoms with van der Waals surface area (Å²) in [5.74, 6) is -2.24. The first-order valence-corrected chi connectivity index (χ1v) is 13.4. The van der Waals surface area contributed by atoms with Crippen LogP contribution in [0.25, 0.3) is 5.82 Å². The molecule has 3 heterocycles. The molecular formula is C24H20ClF3IN9O2. The summed E-state index contributed by atoms with van der Waals surface area (Å²) in [5.41, 5.74) is 1.39. The molecule has 40 heavy (non-hydrogen) atoms. The van der Waals surface area contributed by atoms with Crippen LogP contribution in [-0.2, 0) is 12.7 Å². The Hall–Kier alpha value is -3.60. The maximum absolute atomic E-state index is 13.6. The lowest BCUT2D eigenvalue weighted by Gasteiger charge is -2.27. The van der Waals surface area contributed by atoms with Crippen molar-refractivity contribution in [2.75, 3.05) is 5.32 Å². The van der Waals surface area contributed by atoms with Crippen LogP contribution in [0.1, 0.15) is 57.2 Å². The zero-order valence-electron chi connectivity index (χ0n) is 20.7. The number of rotatable bonds is 7. The number of nitrogens with one attached hydrogen (secondary N) is 2. The summed E-state index contributed by atoms with van der Waals surface area (Å²) in [7, 11) is 0. The highest BCUT2D eigenvalue weighted by atomic mass is 127. The number of aryl methyl sites for hydroxylation is 1. The summed E-state index contributed by atoms with van der Waals surface area (Å²) in [6, 6.07) is 8.09. The number of halogens is 5. The lowest BCUT2D eigenvalue weighted by Crippen LogP contribution is -2.40. The lowest BCUT2D eigenvalue weighted by atomic mass is 9.92. The SMILES string of the molecule is Cc1cc(I)cc(C(=O)NC2CCC2)c1NC(=O)c1cc(Cn2nnc(C(F)(F)F)n2)nn1-c1ncccc1Cl. The molecule has 3 aromatic heterocycles. The molecule has 1 aromatic carbocycles. The van der Waals surface area contributed by atoms with E-state index in [0.717, 1.165) is 22.8 Å². The van der Waals surface area contributed by atoms with E-state index in [1.807, 2.05) is 6.07 Å². The van der Waals surface area contributed by atoms with Gasteiger partial charge in [0.2, 0.25) is 0 Å². The molecule has 4 aromatic rings. The van der Waals surface area contributed by atoms with E-state index in [4.69, 9.17) is 11.6 Å². The Bertz CT molecular complexity index is 1600. The molecule has 1 saturated carbocycles. The van der Waals surface area contributed by atoms with Gasteiger partial charge in [-0.15, -0.1) is 10.2 Å². The molecule has 0 bridgehead atoms. The topological polar surface area (TPSA) is 133 Å². The highest BCUT2D eigenvalue weighted by Gasteiger charge is 2.37. The molecule has 0 atom stereocenters. The number of amides is 2. The lowest BCUT2D eigenvalue weighted by molar-refractivity contribution is -0.145. The fraction of sp³-hybridized carbons (Fsp3) is 0.292. The van der Waals surface area contributed by atoms with Gasteiger partial charge in [-0.1, -0.05) is 11.6 Å². The van der Waals surface area contributed by atoms with Crippen molar-refractivity contribution in [3.05, 3.63) is 73.5 Å². The molecule has 0 aliphatic heterocycles. The molecule has 0 saturated heterocycles. The summed E-state index contributed by atoms with van der Waals surface area (Å²) >= 11 is 8.42. The number of tetrazole rings is 1. The van der Waals surface area contributed by atoms with Crippen molar-refractivity contribution in [3.63, 3.8) is 0 Å². The van der Waals surface area contributed by atoms with Gasteiger partial charge in [0.15, 0.2) is 5.82 Å². The molecule has 1 aliphatic rings. The van der Waals surface area contributed by atoms with Gasteiger partial charge in [-0.2, -0.15) is 23.1 Å². The fourth-order valence-corrected chi connectivity index (χ4v) is 4.99. The van der Waals surface area contributed by atoms with Crippen molar-refractivity contribution in [3.8, 4) is 5.82 Å². The van der Waals surface area contributed by atoms with Crippen molar-refractivity contribution >= 4 is 51.7 Å². The van der Waals surface area contributed by atoms with Gasteiger partial charge in [-0.05, 0) is 89.9 Å². The highest BCUT2D eigenvalue weighted by molar-refractivity contribution is 14.1. The number of hydrogen-bond acceptors (Lipinski definition) is 7. The third kappa shape index (κ3) is 5.94. The number of hydrogen-bond donors (Lipinski definition) is 2. The Kier molecular flexibility index (Phi) is 7.76. The zero-order valence-corrected chi connectivity index (χ0v) is 23.6. The van der Waals surface area contributed by atoms with Gasteiger partial charge in [0, 0.05) is 15.8 Å². The number of nitrogens with zero attached hydrogens (tertiary/aromatic N) is 7. The minimum Gasteiger partial charge on any atom is -0.349 e. The second-order valence-electron chi connectivity index (χ2n) is 9.08. The molecule has 0 spiro atoms. The summed E-state index contributed by atoms with van der Waals surface area (Å²) < 4.78 is 40.8. The van der Waals surface area contributed by atoms with Crippen LogP contribution in [0.3, 0.4) is 0 Å². The van der Waals surface area contributed by atoms with E-state index >= 15 is 0 Å². The molecule has 2 amide bonds. The number of anilines is 1. The molecule has 2 N–H and O–H groups in total. The van der Waals surface area contributed by atoms with Crippen LogP contribution in [0.5, 0.6) is 0 Å². The van der Waals surface area contributed by atoms with E-state index < -0.39 is 17.9 Å². The zero-order chi connectivity index (χ0) is 28.6. The van der Waals surface area contributed by atoms with Crippen LogP contribution in [0.4, 0.5) is 18.9 Å². The van der Waals surface area contributed by atoms with E-state index in [2.05, 4.69) is 58.7 Å². The average molecular weight is 686 g/mol. The van der Waals surface area contributed by atoms with Gasteiger partial charge in [0.1, 0.15) is 12.2 Å². The third-order valence-electron chi connectivity index (χ3n) is 6.17. The molecule has 1 fully saturated rings. The van der Waals surface area contributed by atoms with Crippen LogP contribution in [-0.4, -0.2) is 52.8 Å². The van der Waals surface area contributed by atoms with Gasteiger partial charge in [-0.25, -0.2) is 9.67 Å². The first kappa shape index (κ1) is 27.9. The number of alkyl halides is 3. The van der Waals surface area contributed by atoms with E-state index in [-0.39, 0.29) is 40.7 Å². The van der Waals surface area contributed by atoms with Crippen molar-refractivity contribution in [1.82, 2.24) is 40.3 Å². The van der Waals surface area contributed by atoms with Crippen LogP contribution < -0.4 is 10.6 Å². The van der Waals surface area contributed by atoms with Crippen LogP contribution in [0.15, 0.2) is 36.5 Å². The minimum absolute atomic E-state index is 0.0324. The molecular weight excluding hydrogens is 666 g/mol. The predicted octanol–water partition coefficient (Wildman–Crippen LogP) is 4.42. The van der Waals surface area contributed by atoms with Crippen molar-refractivity contribution in [2.45, 2.75) is 44.9 Å². The first-order chi connectivity index (χ1) is 19.0. The first-order valence-electron chi connectivity index (χ1n) is 12.0. The molecule has 0 radical (unpaired) electrons. The Morgan fingerprint density at radius 1 is 1.18 bits per heavy atom. The number of aromatic nitrogens is 7. The smallest absolute Gasteiger partial charge is 0.349 e. The predicted molar refractivity (Wildman–Crippen MR) is 145 cm³/mol. The summed E-state index contributed by atoms with van der Waals surface area (Å²) in [6.45, 7) is 1.45. The molecule has 208 valence electrons. The Balaban J connectivity index is 1.50. The average Bonchev–Trinajstić information content (AvgIpc) is 3.51. The third-order valence-corrected chi connectivity index (χ3v) is 7.08. The van der Waals surface area contributed by atoms with Gasteiger partial charge >= 0.3 is 6.18 Å². The summed E-state index contributed by atoms with van der Waals surface area (Å²) in [4.78, 5) is 31.7. The fourth-order valence-electron chi connectivity index (χ4n) is 4.01. The number of pyridine rings is 1. The largest absolute Gasteiger partial charge is 0.455 e. The molecule has 16 heteroatoms.